The summed E-state index contributed by atoms with van der Waals surface area (Å²) in [7, 11) is 0. The maximum absolute atomic E-state index is 12.9. The quantitative estimate of drug-likeness (QED) is 0.739. The van der Waals surface area contributed by atoms with E-state index in [1.165, 1.54) is 12.1 Å². The molecule has 0 radical (unpaired) electrons. The first-order valence-electron chi connectivity index (χ1n) is 4.52. The summed E-state index contributed by atoms with van der Waals surface area (Å²) in [6.45, 7) is 5.79. The minimum atomic E-state index is -0.584. The van der Waals surface area contributed by atoms with Crippen molar-refractivity contribution in [1.29, 1.82) is 0 Å². The zero-order chi connectivity index (χ0) is 10.9. The van der Waals surface area contributed by atoms with Crippen molar-refractivity contribution >= 4 is 0 Å². The van der Waals surface area contributed by atoms with E-state index in [1.54, 1.807) is 0 Å². The Labute approximate surface area is 82.9 Å². The summed E-state index contributed by atoms with van der Waals surface area (Å²) in [5.74, 6) is -1.17. The first-order valence-corrected chi connectivity index (χ1v) is 4.52. The number of hydrogen-bond acceptors (Lipinski definition) is 1. The van der Waals surface area contributed by atoms with E-state index < -0.39 is 11.6 Å². The van der Waals surface area contributed by atoms with Crippen molar-refractivity contribution in [3.05, 3.63) is 35.4 Å². The maximum Gasteiger partial charge on any atom is 0.126 e. The molecule has 0 amide bonds. The summed E-state index contributed by atoms with van der Waals surface area (Å²) in [5.41, 5.74) is 6.16. The fourth-order valence-corrected chi connectivity index (χ4v) is 1.25. The Hall–Kier alpha value is -0.960. The molecule has 14 heavy (non-hydrogen) atoms. The van der Waals surface area contributed by atoms with Gasteiger partial charge in [-0.3, -0.25) is 0 Å². The van der Waals surface area contributed by atoms with Crippen molar-refractivity contribution in [3.8, 4) is 0 Å². The van der Waals surface area contributed by atoms with E-state index >= 15 is 0 Å². The van der Waals surface area contributed by atoms with Crippen molar-refractivity contribution in [2.24, 2.45) is 11.1 Å². The van der Waals surface area contributed by atoms with Crippen LogP contribution in [0.3, 0.4) is 0 Å². The fourth-order valence-electron chi connectivity index (χ4n) is 1.25. The largest absolute Gasteiger partial charge is 0.324 e. The van der Waals surface area contributed by atoms with Crippen LogP contribution in [0.15, 0.2) is 18.2 Å². The van der Waals surface area contributed by atoms with Gasteiger partial charge < -0.3 is 5.73 Å². The molecule has 0 aromatic heterocycles. The number of nitrogens with two attached hydrogens (primary N) is 1. The molecule has 3 heteroatoms. The molecule has 0 bridgehead atoms. The average Bonchev–Trinajstić information content (AvgIpc) is 1.99. The third kappa shape index (κ3) is 2.51. The van der Waals surface area contributed by atoms with Crippen molar-refractivity contribution in [2.75, 3.05) is 0 Å². The van der Waals surface area contributed by atoms with Crippen LogP contribution in [0.4, 0.5) is 8.78 Å². The second kappa shape index (κ2) is 3.65. The minimum absolute atomic E-state index is 0.208. The van der Waals surface area contributed by atoms with Gasteiger partial charge in [-0.05, 0) is 23.1 Å². The molecular formula is C11H15F2N. The van der Waals surface area contributed by atoms with Gasteiger partial charge in [0.2, 0.25) is 0 Å². The summed E-state index contributed by atoms with van der Waals surface area (Å²) >= 11 is 0. The summed E-state index contributed by atoms with van der Waals surface area (Å²) in [4.78, 5) is 0. The number of halogens is 2. The number of rotatable bonds is 1. The molecular weight excluding hydrogens is 184 g/mol. The molecule has 0 saturated carbocycles. The highest BCUT2D eigenvalue weighted by molar-refractivity contribution is 5.22. The van der Waals surface area contributed by atoms with Gasteiger partial charge in [-0.25, -0.2) is 8.78 Å². The molecule has 1 rings (SSSR count). The maximum atomic E-state index is 12.9. The van der Waals surface area contributed by atoms with Gasteiger partial charge in [0.25, 0.3) is 0 Å². The van der Waals surface area contributed by atoms with Crippen LogP contribution in [-0.4, -0.2) is 0 Å². The molecule has 1 unspecified atom stereocenters. The predicted octanol–water partition coefficient (Wildman–Crippen LogP) is 3.01. The molecule has 0 aliphatic carbocycles. The fraction of sp³-hybridized carbons (Fsp3) is 0.455. The van der Waals surface area contributed by atoms with E-state index in [0.717, 1.165) is 6.07 Å². The highest BCUT2D eigenvalue weighted by Crippen LogP contribution is 2.30. The van der Waals surface area contributed by atoms with Gasteiger partial charge in [0.15, 0.2) is 0 Å². The van der Waals surface area contributed by atoms with Crippen molar-refractivity contribution in [2.45, 2.75) is 26.8 Å². The zero-order valence-corrected chi connectivity index (χ0v) is 8.64. The Morgan fingerprint density at radius 3 is 1.86 bits per heavy atom. The SMILES string of the molecule is CC(C)(C)C(N)c1cc(F)cc(F)c1. The molecule has 0 aliphatic heterocycles. The molecule has 2 N–H and O–H groups in total. The highest BCUT2D eigenvalue weighted by atomic mass is 19.1. The van der Waals surface area contributed by atoms with Crippen LogP contribution in [0, 0.1) is 17.0 Å². The van der Waals surface area contributed by atoms with Crippen LogP contribution in [0.2, 0.25) is 0 Å². The van der Waals surface area contributed by atoms with Gasteiger partial charge in [-0.2, -0.15) is 0 Å². The predicted molar refractivity (Wildman–Crippen MR) is 52.7 cm³/mol. The lowest BCUT2D eigenvalue weighted by molar-refractivity contribution is 0.325. The first kappa shape index (κ1) is 11.1. The second-order valence-corrected chi connectivity index (χ2v) is 4.55. The lowest BCUT2D eigenvalue weighted by atomic mass is 9.83. The lowest BCUT2D eigenvalue weighted by Gasteiger charge is -2.27. The van der Waals surface area contributed by atoms with Crippen LogP contribution in [0.1, 0.15) is 32.4 Å². The molecule has 0 fully saturated rings. The molecule has 1 aromatic carbocycles. The van der Waals surface area contributed by atoms with Crippen molar-refractivity contribution < 1.29 is 8.78 Å². The van der Waals surface area contributed by atoms with Gasteiger partial charge in [0.05, 0.1) is 0 Å². The molecule has 1 nitrogen and oxygen atoms in total. The van der Waals surface area contributed by atoms with Crippen LogP contribution >= 0.6 is 0 Å². The van der Waals surface area contributed by atoms with E-state index in [1.807, 2.05) is 20.8 Å². The molecule has 0 aliphatic rings. The number of benzene rings is 1. The van der Waals surface area contributed by atoms with E-state index in [0.29, 0.717) is 5.56 Å². The van der Waals surface area contributed by atoms with Crippen LogP contribution in [0.5, 0.6) is 0 Å². The van der Waals surface area contributed by atoms with Gasteiger partial charge in [-0.15, -0.1) is 0 Å². The Morgan fingerprint density at radius 2 is 1.50 bits per heavy atom. The summed E-state index contributed by atoms with van der Waals surface area (Å²) in [6.07, 6.45) is 0. The average molecular weight is 199 g/mol. The molecule has 1 aromatic rings. The molecule has 0 spiro atoms. The molecule has 78 valence electrons. The third-order valence-corrected chi connectivity index (χ3v) is 2.18. The normalized spacial score (nSPS) is 14.1. The highest BCUT2D eigenvalue weighted by Gasteiger charge is 2.23. The Balaban J connectivity index is 3.07. The Bertz CT molecular complexity index is 308. The Morgan fingerprint density at radius 1 is 1.07 bits per heavy atom. The smallest absolute Gasteiger partial charge is 0.126 e. The summed E-state index contributed by atoms with van der Waals surface area (Å²) in [6, 6.07) is 3.03. The summed E-state index contributed by atoms with van der Waals surface area (Å²) in [5, 5.41) is 0. The zero-order valence-electron chi connectivity index (χ0n) is 8.64. The van der Waals surface area contributed by atoms with E-state index in [2.05, 4.69) is 0 Å². The van der Waals surface area contributed by atoms with Crippen LogP contribution < -0.4 is 5.73 Å². The standard InChI is InChI=1S/C11H15F2N/c1-11(2,3)10(14)7-4-8(12)6-9(13)5-7/h4-6,10H,14H2,1-3H3. The van der Waals surface area contributed by atoms with E-state index in [9.17, 15) is 8.78 Å². The van der Waals surface area contributed by atoms with Crippen molar-refractivity contribution in [1.82, 2.24) is 0 Å². The number of hydrogen-bond donors (Lipinski definition) is 1. The van der Waals surface area contributed by atoms with Gasteiger partial charge in [-0.1, -0.05) is 20.8 Å². The topological polar surface area (TPSA) is 26.0 Å². The van der Waals surface area contributed by atoms with Crippen molar-refractivity contribution in [3.63, 3.8) is 0 Å². The van der Waals surface area contributed by atoms with Crippen LogP contribution in [-0.2, 0) is 0 Å². The summed E-state index contributed by atoms with van der Waals surface area (Å²) < 4.78 is 25.8. The van der Waals surface area contributed by atoms with E-state index in [4.69, 9.17) is 5.73 Å². The second-order valence-electron chi connectivity index (χ2n) is 4.55. The molecule has 0 heterocycles. The van der Waals surface area contributed by atoms with Gasteiger partial charge in [0, 0.05) is 12.1 Å². The van der Waals surface area contributed by atoms with Gasteiger partial charge in [0.1, 0.15) is 11.6 Å². The lowest BCUT2D eigenvalue weighted by Crippen LogP contribution is -2.26. The minimum Gasteiger partial charge on any atom is -0.324 e. The Kier molecular flexibility index (Phi) is 2.90. The first-order chi connectivity index (χ1) is 6.30. The van der Waals surface area contributed by atoms with E-state index in [-0.39, 0.29) is 11.5 Å². The third-order valence-electron chi connectivity index (χ3n) is 2.18. The molecule has 1 atom stereocenters. The molecule has 0 saturated heterocycles. The monoisotopic (exact) mass is 199 g/mol. The van der Waals surface area contributed by atoms with Gasteiger partial charge >= 0.3 is 0 Å². The van der Waals surface area contributed by atoms with Crippen LogP contribution in [0.25, 0.3) is 0 Å².